The van der Waals surface area contributed by atoms with Crippen molar-refractivity contribution in [2.24, 2.45) is 5.92 Å². The second-order valence-corrected chi connectivity index (χ2v) is 7.24. The van der Waals surface area contributed by atoms with Crippen LogP contribution in [0.4, 0.5) is 0 Å². The summed E-state index contributed by atoms with van der Waals surface area (Å²) in [4.78, 5) is 0. The summed E-state index contributed by atoms with van der Waals surface area (Å²) in [5.74, 6) is 0.906. The third kappa shape index (κ3) is 11.0. The molecule has 1 unspecified atom stereocenters. The predicted molar refractivity (Wildman–Crippen MR) is 78.2 cm³/mol. The van der Waals surface area contributed by atoms with Crippen LogP contribution >= 0.6 is 0 Å². The Balaban J connectivity index is 3.78. The van der Waals surface area contributed by atoms with Gasteiger partial charge in [0, 0.05) is 6.04 Å². The highest BCUT2D eigenvalue weighted by Gasteiger charge is 2.13. The molecule has 110 valence electrons. The molecule has 0 saturated heterocycles. The van der Waals surface area contributed by atoms with E-state index in [2.05, 4.69) is 23.9 Å². The van der Waals surface area contributed by atoms with Gasteiger partial charge in [-0.15, -0.1) is 0 Å². The molecule has 0 saturated carbocycles. The van der Waals surface area contributed by atoms with Crippen molar-refractivity contribution in [1.29, 1.82) is 0 Å². The first-order chi connectivity index (χ1) is 8.37. The highest BCUT2D eigenvalue weighted by molar-refractivity contribution is 7.89. The molecule has 0 aromatic carbocycles. The van der Waals surface area contributed by atoms with E-state index >= 15 is 0 Å². The van der Waals surface area contributed by atoms with Crippen molar-refractivity contribution in [2.75, 3.05) is 18.8 Å². The fraction of sp³-hybridized carbons (Fsp3) is 1.00. The van der Waals surface area contributed by atoms with Crippen LogP contribution in [0.5, 0.6) is 0 Å². The van der Waals surface area contributed by atoms with Crippen molar-refractivity contribution in [3.63, 3.8) is 0 Å². The van der Waals surface area contributed by atoms with E-state index in [0.29, 0.717) is 12.3 Å². The van der Waals surface area contributed by atoms with Crippen molar-refractivity contribution < 1.29 is 8.42 Å². The number of hydrogen-bond acceptors (Lipinski definition) is 3. The van der Waals surface area contributed by atoms with Crippen LogP contribution in [0, 0.1) is 5.92 Å². The molecule has 0 radical (unpaired) electrons. The molecule has 5 heteroatoms. The summed E-state index contributed by atoms with van der Waals surface area (Å²) in [6, 6.07) is 0.0490. The molecule has 2 N–H and O–H groups in total. The lowest BCUT2D eigenvalue weighted by Gasteiger charge is -2.14. The third-order valence-corrected chi connectivity index (χ3v) is 4.40. The first-order valence-electron chi connectivity index (χ1n) is 7.08. The van der Waals surface area contributed by atoms with Gasteiger partial charge in [0.05, 0.1) is 5.75 Å². The van der Waals surface area contributed by atoms with Crippen LogP contribution in [-0.2, 0) is 10.0 Å². The van der Waals surface area contributed by atoms with Gasteiger partial charge in [0.25, 0.3) is 0 Å². The first kappa shape index (κ1) is 17.9. The van der Waals surface area contributed by atoms with Crippen LogP contribution < -0.4 is 10.0 Å². The molecular weight excluding hydrogens is 248 g/mol. The molecule has 18 heavy (non-hydrogen) atoms. The van der Waals surface area contributed by atoms with Crippen LogP contribution in [0.3, 0.4) is 0 Å². The molecule has 0 spiro atoms. The van der Waals surface area contributed by atoms with Crippen molar-refractivity contribution in [3.05, 3.63) is 0 Å². The largest absolute Gasteiger partial charge is 0.317 e. The number of hydrogen-bond donors (Lipinski definition) is 2. The van der Waals surface area contributed by atoms with E-state index < -0.39 is 10.0 Å². The SMILES string of the molecule is CCNCCCS(=O)(=O)NC(C)CCCC(C)C. The quantitative estimate of drug-likeness (QED) is 0.569. The van der Waals surface area contributed by atoms with Gasteiger partial charge in [0.1, 0.15) is 0 Å². The molecule has 0 aliphatic carbocycles. The summed E-state index contributed by atoms with van der Waals surface area (Å²) in [5, 5.41) is 3.13. The minimum Gasteiger partial charge on any atom is -0.317 e. The van der Waals surface area contributed by atoms with Crippen LogP contribution in [0.15, 0.2) is 0 Å². The fourth-order valence-electron chi connectivity index (χ4n) is 1.82. The van der Waals surface area contributed by atoms with E-state index in [1.54, 1.807) is 0 Å². The second kappa shape index (κ2) is 9.75. The minimum absolute atomic E-state index is 0.0490. The van der Waals surface area contributed by atoms with Gasteiger partial charge in [0.2, 0.25) is 10.0 Å². The summed E-state index contributed by atoms with van der Waals surface area (Å²) in [6.07, 6.45) is 3.83. The van der Waals surface area contributed by atoms with E-state index in [-0.39, 0.29) is 11.8 Å². The lowest BCUT2D eigenvalue weighted by Crippen LogP contribution is -2.35. The first-order valence-corrected chi connectivity index (χ1v) is 8.73. The molecule has 1 atom stereocenters. The molecule has 0 aliphatic heterocycles. The van der Waals surface area contributed by atoms with Gasteiger partial charge in [0.15, 0.2) is 0 Å². The van der Waals surface area contributed by atoms with Crippen molar-refractivity contribution in [3.8, 4) is 0 Å². The monoisotopic (exact) mass is 278 g/mol. The number of rotatable bonds is 11. The van der Waals surface area contributed by atoms with Gasteiger partial charge in [-0.05, 0) is 38.8 Å². The number of nitrogens with one attached hydrogen (secondary N) is 2. The van der Waals surface area contributed by atoms with Crippen molar-refractivity contribution >= 4 is 10.0 Å². The Morgan fingerprint density at radius 3 is 2.28 bits per heavy atom. The van der Waals surface area contributed by atoms with Gasteiger partial charge in [-0.3, -0.25) is 0 Å². The average Bonchev–Trinajstić information content (AvgIpc) is 2.23. The molecule has 0 bridgehead atoms. The maximum Gasteiger partial charge on any atom is 0.211 e. The van der Waals surface area contributed by atoms with Crippen LogP contribution in [-0.4, -0.2) is 33.3 Å². The zero-order chi connectivity index (χ0) is 14.0. The van der Waals surface area contributed by atoms with Crippen molar-refractivity contribution in [1.82, 2.24) is 10.0 Å². The summed E-state index contributed by atoms with van der Waals surface area (Å²) in [6.45, 7) is 10.00. The van der Waals surface area contributed by atoms with E-state index in [9.17, 15) is 8.42 Å². The molecule has 0 amide bonds. The Bertz CT molecular complexity index is 289. The van der Waals surface area contributed by atoms with Crippen LogP contribution in [0.25, 0.3) is 0 Å². The zero-order valence-electron chi connectivity index (χ0n) is 12.3. The van der Waals surface area contributed by atoms with Gasteiger partial charge >= 0.3 is 0 Å². The second-order valence-electron chi connectivity index (χ2n) is 5.37. The normalized spacial score (nSPS) is 14.1. The molecule has 0 heterocycles. The average molecular weight is 278 g/mol. The Labute approximate surface area is 113 Å². The van der Waals surface area contributed by atoms with E-state index in [1.807, 2.05) is 13.8 Å². The molecule has 0 aromatic heterocycles. The molecule has 0 aliphatic rings. The topological polar surface area (TPSA) is 58.2 Å². The summed E-state index contributed by atoms with van der Waals surface area (Å²) < 4.78 is 26.3. The Hall–Kier alpha value is -0.130. The van der Waals surface area contributed by atoms with Crippen LogP contribution in [0.1, 0.15) is 53.4 Å². The van der Waals surface area contributed by atoms with Crippen molar-refractivity contribution in [2.45, 2.75) is 59.4 Å². The minimum atomic E-state index is -3.10. The zero-order valence-corrected chi connectivity index (χ0v) is 13.1. The highest BCUT2D eigenvalue weighted by atomic mass is 32.2. The Morgan fingerprint density at radius 2 is 1.72 bits per heavy atom. The molecule has 0 fully saturated rings. The van der Waals surface area contributed by atoms with E-state index in [1.165, 1.54) is 0 Å². The summed E-state index contributed by atoms with van der Waals surface area (Å²) in [7, 11) is -3.10. The summed E-state index contributed by atoms with van der Waals surface area (Å²) in [5.41, 5.74) is 0. The van der Waals surface area contributed by atoms with E-state index in [0.717, 1.165) is 32.4 Å². The van der Waals surface area contributed by atoms with Crippen LogP contribution in [0.2, 0.25) is 0 Å². The summed E-state index contributed by atoms with van der Waals surface area (Å²) >= 11 is 0. The van der Waals surface area contributed by atoms with Gasteiger partial charge < -0.3 is 5.32 Å². The smallest absolute Gasteiger partial charge is 0.211 e. The Kier molecular flexibility index (Phi) is 9.68. The highest BCUT2D eigenvalue weighted by Crippen LogP contribution is 2.08. The van der Waals surface area contributed by atoms with Gasteiger partial charge in [-0.25, -0.2) is 13.1 Å². The molecule has 4 nitrogen and oxygen atoms in total. The Morgan fingerprint density at radius 1 is 1.06 bits per heavy atom. The van der Waals surface area contributed by atoms with Gasteiger partial charge in [-0.1, -0.05) is 33.6 Å². The standard InChI is InChI=1S/C13H30N2O2S/c1-5-14-10-7-11-18(16,17)15-13(4)9-6-8-12(2)3/h12-15H,5-11H2,1-4H3. The van der Waals surface area contributed by atoms with E-state index in [4.69, 9.17) is 0 Å². The van der Waals surface area contributed by atoms with Gasteiger partial charge in [-0.2, -0.15) is 0 Å². The maximum atomic E-state index is 11.8. The lowest BCUT2D eigenvalue weighted by molar-refractivity contribution is 0.487. The predicted octanol–water partition coefficient (Wildman–Crippen LogP) is 2.12. The fourth-order valence-corrected chi connectivity index (χ4v) is 3.19. The molecular formula is C13H30N2O2S. The third-order valence-electron chi connectivity index (χ3n) is 2.82. The lowest BCUT2D eigenvalue weighted by atomic mass is 10.0. The molecule has 0 aromatic rings. The number of sulfonamides is 1. The maximum absolute atomic E-state index is 11.8. The molecule has 0 rings (SSSR count).